The highest BCUT2D eigenvalue weighted by atomic mass is 16.5. The van der Waals surface area contributed by atoms with Crippen LogP contribution in [0.15, 0.2) is 53.7 Å². The van der Waals surface area contributed by atoms with Crippen LogP contribution < -0.4 is 5.32 Å². The first-order chi connectivity index (χ1) is 16.2. The van der Waals surface area contributed by atoms with Gasteiger partial charge in [-0.05, 0) is 25.0 Å². The fraction of sp³-hybridized carbons (Fsp3) is 0.200. The Balaban J connectivity index is 1.70. The molecule has 1 fully saturated rings. The smallest absolute Gasteiger partial charge is 0.259 e. The maximum atomic E-state index is 13.1. The van der Waals surface area contributed by atoms with Crippen LogP contribution in [0.4, 0.5) is 0 Å². The summed E-state index contributed by atoms with van der Waals surface area (Å²) in [6.07, 6.45) is 0.925. The molecule has 8 nitrogen and oxygen atoms in total. The molecule has 8 heteroatoms. The molecule has 162 valence electrons. The summed E-state index contributed by atoms with van der Waals surface area (Å²) in [5.74, 6) is -0.762. The molecule has 33 heavy (non-hydrogen) atoms. The second kappa shape index (κ2) is 6.49. The molecule has 2 aliphatic heterocycles. The Kier molecular flexibility index (Phi) is 3.64. The van der Waals surface area contributed by atoms with Crippen LogP contribution in [0.2, 0.25) is 0 Å². The molecule has 0 unspecified atom stereocenters. The maximum Gasteiger partial charge on any atom is 0.259 e. The van der Waals surface area contributed by atoms with Crippen molar-refractivity contribution in [2.75, 3.05) is 6.61 Å². The zero-order valence-corrected chi connectivity index (χ0v) is 17.4. The summed E-state index contributed by atoms with van der Waals surface area (Å²) < 4.78 is 8.23. The first kappa shape index (κ1) is 18.5. The second-order valence-electron chi connectivity index (χ2n) is 8.69. The van der Waals surface area contributed by atoms with E-state index >= 15 is 0 Å². The number of aromatic nitrogens is 2. The lowest BCUT2D eigenvalue weighted by Gasteiger charge is -2.28. The van der Waals surface area contributed by atoms with Gasteiger partial charge < -0.3 is 14.3 Å². The van der Waals surface area contributed by atoms with E-state index in [0.717, 1.165) is 43.6 Å². The highest BCUT2D eigenvalue weighted by Gasteiger charge is 2.37. The van der Waals surface area contributed by atoms with Crippen molar-refractivity contribution in [3.05, 3.63) is 64.6 Å². The number of H-pyrrole nitrogens is 1. The third-order valence-electron chi connectivity index (χ3n) is 6.95. The molecule has 2 N–H and O–H groups in total. The molecule has 0 aliphatic carbocycles. The molecule has 4 heterocycles. The van der Waals surface area contributed by atoms with Gasteiger partial charge in [0, 0.05) is 27.1 Å². The van der Waals surface area contributed by atoms with Crippen LogP contribution >= 0.6 is 0 Å². The average molecular weight is 438 g/mol. The number of nitrogens with zero attached hydrogens (tertiary/aromatic N) is 2. The summed E-state index contributed by atoms with van der Waals surface area (Å²) >= 11 is 0. The van der Waals surface area contributed by atoms with Gasteiger partial charge in [0.05, 0.1) is 34.3 Å². The molecular weight excluding hydrogens is 420 g/mol. The molecule has 2 aliphatic rings. The number of rotatable bonds is 2. The largest absolute Gasteiger partial charge is 0.356 e. The summed E-state index contributed by atoms with van der Waals surface area (Å²) in [6, 6.07) is 15.3. The van der Waals surface area contributed by atoms with Gasteiger partial charge in [0.15, 0.2) is 0 Å². The van der Waals surface area contributed by atoms with Gasteiger partial charge in [0.1, 0.15) is 12.3 Å². The molecule has 1 saturated heterocycles. The Morgan fingerprint density at radius 3 is 2.39 bits per heavy atom. The van der Waals surface area contributed by atoms with Gasteiger partial charge in [-0.3, -0.25) is 14.9 Å². The second-order valence-corrected chi connectivity index (χ2v) is 8.69. The van der Waals surface area contributed by atoms with Crippen LogP contribution in [-0.4, -0.2) is 34.0 Å². The quantitative estimate of drug-likeness (QED) is 0.306. The molecule has 7 rings (SSSR count). The van der Waals surface area contributed by atoms with Crippen molar-refractivity contribution in [1.29, 1.82) is 0 Å². The highest BCUT2D eigenvalue weighted by Crippen LogP contribution is 2.45. The van der Waals surface area contributed by atoms with Crippen LogP contribution in [0.25, 0.3) is 43.6 Å². The molecule has 2 amide bonds. The van der Waals surface area contributed by atoms with Gasteiger partial charge in [-0.1, -0.05) is 41.6 Å². The van der Waals surface area contributed by atoms with Crippen LogP contribution in [-0.2, 0) is 4.74 Å². The zero-order chi connectivity index (χ0) is 22.3. The average Bonchev–Trinajstić information content (AvgIpc) is 3.48. The first-order valence-corrected chi connectivity index (χ1v) is 11.0. The standard InChI is InChI=1S/C25H18N4O4/c30-24-20-18-13-5-1-3-7-15(13)26-22(18)23-19(21(20)25(31)27-24)14-6-2-4-8-16(14)29(23)17-10-9-12(28-32)11-33-17/h1-8,12,17,26H,9-11H2,(H,27,30,31)/t12-,17-/m1/s1. The lowest BCUT2D eigenvalue weighted by Crippen LogP contribution is -2.26. The number of amides is 2. The van der Waals surface area contributed by atoms with Gasteiger partial charge in [0.25, 0.3) is 11.8 Å². The summed E-state index contributed by atoms with van der Waals surface area (Å²) in [6.45, 7) is 0.252. The SMILES string of the molecule is O=N[C@@H]1CC[C@H](n2c3ccccc3c3c4c(c5c6ccccc6[nH]c5c32)C(=O)NC4=O)OC1. The lowest BCUT2D eigenvalue weighted by molar-refractivity contribution is -0.0354. The van der Waals surface area contributed by atoms with Crippen molar-refractivity contribution >= 4 is 55.4 Å². The van der Waals surface area contributed by atoms with Gasteiger partial charge in [-0.15, -0.1) is 0 Å². The minimum absolute atomic E-state index is 0.252. The van der Waals surface area contributed by atoms with E-state index in [9.17, 15) is 14.5 Å². The molecule has 0 spiro atoms. The number of benzene rings is 3. The van der Waals surface area contributed by atoms with Gasteiger partial charge in [0.2, 0.25) is 0 Å². The topological polar surface area (TPSA) is 106 Å². The van der Waals surface area contributed by atoms with Gasteiger partial charge in [-0.2, -0.15) is 4.91 Å². The third kappa shape index (κ3) is 2.33. The molecule has 0 radical (unpaired) electrons. The third-order valence-corrected chi connectivity index (χ3v) is 6.95. The van der Waals surface area contributed by atoms with Crippen LogP contribution in [0.5, 0.6) is 0 Å². The van der Waals surface area contributed by atoms with Crippen LogP contribution in [0.1, 0.15) is 39.8 Å². The summed E-state index contributed by atoms with van der Waals surface area (Å²) in [4.78, 5) is 40.6. The Morgan fingerprint density at radius 1 is 0.909 bits per heavy atom. The van der Waals surface area contributed by atoms with Crippen molar-refractivity contribution in [1.82, 2.24) is 14.9 Å². The number of fused-ring (bicyclic) bond motifs is 10. The Morgan fingerprint density at radius 2 is 1.64 bits per heavy atom. The molecule has 2 aromatic heterocycles. The lowest BCUT2D eigenvalue weighted by atomic mass is 9.96. The van der Waals surface area contributed by atoms with E-state index in [0.29, 0.717) is 24.0 Å². The molecule has 0 bridgehead atoms. The van der Waals surface area contributed by atoms with E-state index < -0.39 is 0 Å². The van der Waals surface area contributed by atoms with Crippen molar-refractivity contribution < 1.29 is 14.3 Å². The number of carbonyl (C=O) groups is 2. The molecule has 5 aromatic rings. The zero-order valence-electron chi connectivity index (χ0n) is 17.4. The predicted molar refractivity (Wildman–Crippen MR) is 124 cm³/mol. The van der Waals surface area contributed by atoms with Crippen LogP contribution in [0, 0.1) is 4.91 Å². The van der Waals surface area contributed by atoms with E-state index in [-0.39, 0.29) is 30.7 Å². The summed E-state index contributed by atoms with van der Waals surface area (Å²) in [5.41, 5.74) is 4.25. The fourth-order valence-corrected chi connectivity index (χ4v) is 5.58. The van der Waals surface area contributed by atoms with Crippen molar-refractivity contribution in [3.63, 3.8) is 0 Å². The maximum absolute atomic E-state index is 13.1. The van der Waals surface area contributed by atoms with E-state index in [1.165, 1.54) is 0 Å². The number of ether oxygens (including phenoxy) is 1. The minimum atomic E-state index is -0.384. The predicted octanol–water partition coefficient (Wildman–Crippen LogP) is 4.76. The Labute approximate surface area is 186 Å². The number of imide groups is 1. The molecule has 2 atom stereocenters. The molecule has 0 saturated carbocycles. The minimum Gasteiger partial charge on any atom is -0.356 e. The number of carbonyl (C=O) groups excluding carboxylic acids is 2. The summed E-state index contributed by atoms with van der Waals surface area (Å²) in [5, 5.41) is 8.91. The van der Waals surface area contributed by atoms with Crippen LogP contribution in [0.3, 0.4) is 0 Å². The highest BCUT2D eigenvalue weighted by molar-refractivity contribution is 6.39. The number of nitroso groups, excluding NO2 is 1. The monoisotopic (exact) mass is 438 g/mol. The van der Waals surface area contributed by atoms with E-state index in [2.05, 4.69) is 20.0 Å². The Bertz CT molecular complexity index is 1670. The number of aromatic amines is 1. The summed E-state index contributed by atoms with van der Waals surface area (Å²) in [7, 11) is 0. The number of nitrogens with one attached hydrogen (secondary N) is 2. The fourth-order valence-electron chi connectivity index (χ4n) is 5.58. The first-order valence-electron chi connectivity index (χ1n) is 11.0. The van der Waals surface area contributed by atoms with Crippen molar-refractivity contribution in [3.8, 4) is 0 Å². The number of para-hydroxylation sites is 2. The van der Waals surface area contributed by atoms with Gasteiger partial charge >= 0.3 is 0 Å². The van der Waals surface area contributed by atoms with E-state index in [4.69, 9.17) is 4.74 Å². The van der Waals surface area contributed by atoms with Crippen molar-refractivity contribution in [2.24, 2.45) is 5.18 Å². The molecule has 3 aromatic carbocycles. The van der Waals surface area contributed by atoms with Gasteiger partial charge in [-0.25, -0.2) is 0 Å². The van der Waals surface area contributed by atoms with E-state index in [1.54, 1.807) is 0 Å². The van der Waals surface area contributed by atoms with Crippen molar-refractivity contribution in [2.45, 2.75) is 25.1 Å². The number of hydrogen-bond acceptors (Lipinski definition) is 5. The number of hydrogen-bond donors (Lipinski definition) is 2. The van der Waals surface area contributed by atoms with E-state index in [1.807, 2.05) is 48.5 Å². The normalized spacial score (nSPS) is 20.7. The molecular formula is C25H18N4O4. The Hall–Kier alpha value is -4.04.